The maximum Gasteiger partial charge on any atom is 0.251 e. The van der Waals surface area contributed by atoms with Gasteiger partial charge in [-0.25, -0.2) is 0 Å². The number of halogens is 1. The maximum absolute atomic E-state index is 12.3. The first-order valence-corrected chi connectivity index (χ1v) is 11.3. The molecule has 0 radical (unpaired) electrons. The summed E-state index contributed by atoms with van der Waals surface area (Å²) in [4.78, 5) is 19.3. The molecule has 3 rings (SSSR count). The van der Waals surface area contributed by atoms with Crippen LogP contribution in [0.4, 0.5) is 0 Å². The first-order chi connectivity index (χ1) is 14.6. The van der Waals surface area contributed by atoms with Gasteiger partial charge in [0.2, 0.25) is 0 Å². The molecular weight excluding hydrogens is 505 g/mol. The Balaban J connectivity index is 0.00000341. The largest absolute Gasteiger partial charge is 0.379 e. The van der Waals surface area contributed by atoms with Crippen LogP contribution in [0.5, 0.6) is 0 Å². The van der Waals surface area contributed by atoms with Crippen molar-refractivity contribution in [3.8, 4) is 0 Å². The number of ether oxygens (including phenoxy) is 1. The summed E-state index contributed by atoms with van der Waals surface area (Å²) in [7, 11) is 1.79. The van der Waals surface area contributed by atoms with Crippen LogP contribution < -0.4 is 16.0 Å². The molecule has 2 fully saturated rings. The predicted molar refractivity (Wildman–Crippen MR) is 136 cm³/mol. The lowest BCUT2D eigenvalue weighted by Crippen LogP contribution is -2.60. The highest BCUT2D eigenvalue weighted by Gasteiger charge is 2.38. The Morgan fingerprint density at radius 1 is 1.10 bits per heavy atom. The molecule has 0 unspecified atom stereocenters. The standard InChI is InChI=1S/C23H37N5O2.HI/c1-19-7-6-8-20(17-19)21(29)25-11-12-26-22(24-2)27-18-23(9-4-3-5-10-23)28-13-15-30-16-14-28;/h6-8,17H,3-5,9-16,18H2,1-2H3,(H,25,29)(H2,24,26,27);1H. The van der Waals surface area contributed by atoms with Gasteiger partial charge < -0.3 is 20.7 Å². The van der Waals surface area contributed by atoms with Gasteiger partial charge in [0.1, 0.15) is 0 Å². The lowest BCUT2D eigenvalue weighted by molar-refractivity contribution is -0.0352. The summed E-state index contributed by atoms with van der Waals surface area (Å²) in [5.41, 5.74) is 1.98. The molecule has 1 aromatic carbocycles. The maximum atomic E-state index is 12.3. The van der Waals surface area contributed by atoms with Crippen molar-refractivity contribution in [2.75, 3.05) is 53.0 Å². The lowest BCUT2D eigenvalue weighted by atomic mass is 9.80. The summed E-state index contributed by atoms with van der Waals surface area (Å²) in [6.07, 6.45) is 6.36. The molecule has 1 aliphatic carbocycles. The summed E-state index contributed by atoms with van der Waals surface area (Å²) in [5.74, 6) is 0.745. The van der Waals surface area contributed by atoms with Gasteiger partial charge in [0.15, 0.2) is 5.96 Å². The summed E-state index contributed by atoms with van der Waals surface area (Å²) in [6, 6.07) is 7.64. The zero-order chi connectivity index (χ0) is 21.2. The molecule has 0 bridgehead atoms. The van der Waals surface area contributed by atoms with Crippen molar-refractivity contribution < 1.29 is 9.53 Å². The molecule has 1 aliphatic heterocycles. The van der Waals surface area contributed by atoms with E-state index in [0.29, 0.717) is 18.7 Å². The number of amides is 1. The predicted octanol–water partition coefficient (Wildman–Crippen LogP) is 2.54. The average Bonchev–Trinajstić information content (AvgIpc) is 2.79. The fourth-order valence-electron chi connectivity index (χ4n) is 4.57. The van der Waals surface area contributed by atoms with Crippen LogP contribution >= 0.6 is 24.0 Å². The van der Waals surface area contributed by atoms with E-state index in [9.17, 15) is 4.79 Å². The molecule has 1 amide bonds. The van der Waals surface area contributed by atoms with Crippen LogP contribution in [0.2, 0.25) is 0 Å². The zero-order valence-corrected chi connectivity index (χ0v) is 21.2. The van der Waals surface area contributed by atoms with E-state index in [1.54, 1.807) is 7.05 Å². The SMILES string of the molecule is CN=C(NCCNC(=O)c1cccc(C)c1)NCC1(N2CCOCC2)CCCCC1.I. The molecule has 7 nitrogen and oxygen atoms in total. The van der Waals surface area contributed by atoms with Gasteiger partial charge in [0, 0.05) is 50.9 Å². The third-order valence-electron chi connectivity index (χ3n) is 6.26. The average molecular weight is 543 g/mol. The first-order valence-electron chi connectivity index (χ1n) is 11.3. The number of carbonyl (C=O) groups is 1. The van der Waals surface area contributed by atoms with Crippen molar-refractivity contribution in [1.29, 1.82) is 0 Å². The number of rotatable bonds is 7. The summed E-state index contributed by atoms with van der Waals surface area (Å²) >= 11 is 0. The van der Waals surface area contributed by atoms with Crippen LogP contribution in [0.25, 0.3) is 0 Å². The minimum absolute atomic E-state index is 0. The minimum Gasteiger partial charge on any atom is -0.379 e. The van der Waals surface area contributed by atoms with E-state index >= 15 is 0 Å². The fraction of sp³-hybridized carbons (Fsp3) is 0.652. The van der Waals surface area contributed by atoms with Crippen LogP contribution in [-0.4, -0.2) is 75.3 Å². The van der Waals surface area contributed by atoms with E-state index in [1.807, 2.05) is 31.2 Å². The molecule has 2 aliphatic rings. The van der Waals surface area contributed by atoms with Crippen molar-refractivity contribution >= 4 is 35.8 Å². The number of nitrogens with zero attached hydrogens (tertiary/aromatic N) is 2. The second kappa shape index (κ2) is 13.2. The van der Waals surface area contributed by atoms with E-state index in [0.717, 1.165) is 44.4 Å². The van der Waals surface area contributed by atoms with Gasteiger partial charge in [-0.1, -0.05) is 37.0 Å². The Bertz CT molecular complexity index is 716. The molecule has 3 N–H and O–H groups in total. The topological polar surface area (TPSA) is 78.0 Å². The van der Waals surface area contributed by atoms with Gasteiger partial charge in [0.05, 0.1) is 13.2 Å². The van der Waals surface area contributed by atoms with Crippen LogP contribution in [0.1, 0.15) is 48.0 Å². The molecule has 1 heterocycles. The number of morpholine rings is 1. The number of hydrogen-bond donors (Lipinski definition) is 3. The van der Waals surface area contributed by atoms with Gasteiger partial charge in [-0.05, 0) is 31.9 Å². The van der Waals surface area contributed by atoms with E-state index < -0.39 is 0 Å². The highest BCUT2D eigenvalue weighted by atomic mass is 127. The third-order valence-corrected chi connectivity index (χ3v) is 6.26. The highest BCUT2D eigenvalue weighted by Crippen LogP contribution is 2.33. The van der Waals surface area contributed by atoms with Crippen molar-refractivity contribution in [2.24, 2.45) is 4.99 Å². The Kier molecular flexibility index (Phi) is 11.0. The second-order valence-corrected chi connectivity index (χ2v) is 8.36. The first kappa shape index (κ1) is 25.9. The van der Waals surface area contributed by atoms with Crippen LogP contribution in [0.3, 0.4) is 0 Å². The number of benzene rings is 1. The van der Waals surface area contributed by atoms with Crippen molar-refractivity contribution in [3.63, 3.8) is 0 Å². The van der Waals surface area contributed by atoms with E-state index in [1.165, 1.54) is 32.1 Å². The number of nitrogens with one attached hydrogen (secondary N) is 3. The molecule has 8 heteroatoms. The smallest absolute Gasteiger partial charge is 0.251 e. The summed E-state index contributed by atoms with van der Waals surface area (Å²) < 4.78 is 5.57. The Morgan fingerprint density at radius 3 is 2.48 bits per heavy atom. The van der Waals surface area contributed by atoms with Gasteiger partial charge >= 0.3 is 0 Å². The molecule has 0 aromatic heterocycles. The Hall–Kier alpha value is -1.39. The quantitative estimate of drug-likeness (QED) is 0.213. The molecule has 31 heavy (non-hydrogen) atoms. The highest BCUT2D eigenvalue weighted by molar-refractivity contribution is 14.0. The molecular formula is C23H38IN5O2. The van der Waals surface area contributed by atoms with Gasteiger partial charge in [-0.3, -0.25) is 14.7 Å². The molecule has 0 spiro atoms. The number of aryl methyl sites for hydroxylation is 1. The molecule has 174 valence electrons. The van der Waals surface area contributed by atoms with Crippen molar-refractivity contribution in [3.05, 3.63) is 35.4 Å². The fourth-order valence-corrected chi connectivity index (χ4v) is 4.57. The molecule has 1 aromatic rings. The van der Waals surface area contributed by atoms with E-state index in [-0.39, 0.29) is 35.4 Å². The summed E-state index contributed by atoms with van der Waals surface area (Å²) in [5, 5.41) is 9.84. The van der Waals surface area contributed by atoms with Gasteiger partial charge in [-0.2, -0.15) is 0 Å². The number of hydrogen-bond acceptors (Lipinski definition) is 4. The van der Waals surface area contributed by atoms with Crippen molar-refractivity contribution in [2.45, 2.75) is 44.6 Å². The molecule has 1 saturated heterocycles. The van der Waals surface area contributed by atoms with E-state index in [2.05, 4.69) is 25.8 Å². The lowest BCUT2D eigenvalue weighted by Gasteiger charge is -2.48. The van der Waals surface area contributed by atoms with Crippen LogP contribution in [-0.2, 0) is 4.74 Å². The number of carbonyl (C=O) groups excluding carboxylic acids is 1. The Labute approximate surface area is 203 Å². The minimum atomic E-state index is -0.0445. The number of guanidine groups is 1. The third kappa shape index (κ3) is 7.61. The monoisotopic (exact) mass is 543 g/mol. The van der Waals surface area contributed by atoms with Crippen LogP contribution in [0.15, 0.2) is 29.3 Å². The van der Waals surface area contributed by atoms with Gasteiger partial charge in [-0.15, -0.1) is 24.0 Å². The molecule has 1 saturated carbocycles. The number of aliphatic imine (C=N–C) groups is 1. The van der Waals surface area contributed by atoms with Crippen molar-refractivity contribution in [1.82, 2.24) is 20.9 Å². The van der Waals surface area contributed by atoms with Crippen LogP contribution in [0, 0.1) is 6.92 Å². The van der Waals surface area contributed by atoms with Gasteiger partial charge in [0.25, 0.3) is 5.91 Å². The molecule has 0 atom stereocenters. The summed E-state index contributed by atoms with van der Waals surface area (Å²) in [6.45, 7) is 7.73. The second-order valence-electron chi connectivity index (χ2n) is 8.36. The zero-order valence-electron chi connectivity index (χ0n) is 18.9. The normalized spacial score (nSPS) is 19.2. The Morgan fingerprint density at radius 2 is 1.81 bits per heavy atom. The van der Waals surface area contributed by atoms with E-state index in [4.69, 9.17) is 4.74 Å².